The Labute approximate surface area is 368 Å². The number of anilines is 3. The van der Waals surface area contributed by atoms with Crippen LogP contribution in [-0.2, 0) is 10.8 Å². The summed E-state index contributed by atoms with van der Waals surface area (Å²) in [5.74, 6) is 0. The molecule has 2 aliphatic rings. The average Bonchev–Trinajstić information content (AvgIpc) is 3.90. The molecule has 10 aromatic rings. The van der Waals surface area contributed by atoms with Crippen LogP contribution >= 0.6 is 11.3 Å². The SMILES string of the molecule is CC1(C)c2ccccc2-c2cc(-c3ccc(N(c4ccc(-c5cccc6c5sc5ccccc56)cc4)c4ccccc4-c4cccc5c4-c4ccccc4C5(C)C)cc3)ccc21. The topological polar surface area (TPSA) is 3.24 Å². The standard InChI is InChI=1S/C60H45NS/c1-59(2)51-22-9-5-15-44(51)50-37-40(31-36-53(50)59)38-27-32-41(33-28-38)61(42-34-29-39(30-35-42)43-19-13-21-48-46-17-8-12-26-56(46)62-58(43)48)55-25-11-7-16-45(55)47-20-14-24-54-57(47)49-18-6-10-23-52(49)60(54,3)4/h5-37H,1-4H3. The minimum atomic E-state index is -0.0884. The van der Waals surface area contributed by atoms with Gasteiger partial charge < -0.3 is 4.90 Å². The molecule has 9 aromatic carbocycles. The maximum absolute atomic E-state index is 2.45. The molecule has 12 rings (SSSR count). The van der Waals surface area contributed by atoms with Crippen LogP contribution < -0.4 is 4.90 Å². The van der Waals surface area contributed by atoms with E-state index in [4.69, 9.17) is 0 Å². The van der Waals surface area contributed by atoms with Gasteiger partial charge in [-0.1, -0.05) is 185 Å². The van der Waals surface area contributed by atoms with Crippen LogP contribution in [-0.4, -0.2) is 0 Å². The van der Waals surface area contributed by atoms with Gasteiger partial charge in [0.05, 0.1) is 5.69 Å². The molecule has 2 aliphatic carbocycles. The Kier molecular flexibility index (Phi) is 8.17. The van der Waals surface area contributed by atoms with E-state index in [1.807, 2.05) is 11.3 Å². The molecule has 0 N–H and O–H groups in total. The highest BCUT2D eigenvalue weighted by Crippen LogP contribution is 2.54. The van der Waals surface area contributed by atoms with Crippen LogP contribution in [0.1, 0.15) is 49.9 Å². The van der Waals surface area contributed by atoms with E-state index < -0.39 is 0 Å². The van der Waals surface area contributed by atoms with E-state index in [0.717, 1.165) is 17.1 Å². The molecule has 0 spiro atoms. The number of benzene rings is 9. The summed E-state index contributed by atoms with van der Waals surface area (Å²) in [6.45, 7) is 9.42. The van der Waals surface area contributed by atoms with Crippen molar-refractivity contribution in [1.82, 2.24) is 0 Å². The van der Waals surface area contributed by atoms with Crippen LogP contribution in [0, 0.1) is 0 Å². The number of nitrogens with zero attached hydrogens (tertiary/aromatic N) is 1. The molecule has 0 unspecified atom stereocenters. The zero-order valence-electron chi connectivity index (χ0n) is 35.4. The normalized spacial score (nSPS) is 14.1. The minimum Gasteiger partial charge on any atom is -0.310 e. The first-order chi connectivity index (χ1) is 30.3. The molecule has 0 aliphatic heterocycles. The molecular weight excluding hydrogens is 767 g/mol. The first-order valence-corrected chi connectivity index (χ1v) is 22.6. The molecule has 0 atom stereocenters. The predicted octanol–water partition coefficient (Wildman–Crippen LogP) is 17.1. The highest BCUT2D eigenvalue weighted by molar-refractivity contribution is 7.26. The molecule has 62 heavy (non-hydrogen) atoms. The zero-order chi connectivity index (χ0) is 41.7. The van der Waals surface area contributed by atoms with Crippen LogP contribution in [0.4, 0.5) is 17.1 Å². The predicted molar refractivity (Wildman–Crippen MR) is 265 cm³/mol. The van der Waals surface area contributed by atoms with Crippen molar-refractivity contribution in [1.29, 1.82) is 0 Å². The van der Waals surface area contributed by atoms with Crippen molar-refractivity contribution < 1.29 is 0 Å². The Morgan fingerprint density at radius 1 is 0.355 bits per heavy atom. The van der Waals surface area contributed by atoms with Gasteiger partial charge in [-0.2, -0.15) is 0 Å². The summed E-state index contributed by atoms with van der Waals surface area (Å²) >= 11 is 1.88. The fourth-order valence-corrected chi connectivity index (χ4v) is 12.0. The molecule has 1 heterocycles. The lowest BCUT2D eigenvalue weighted by Gasteiger charge is -2.29. The van der Waals surface area contributed by atoms with E-state index in [2.05, 4.69) is 233 Å². The van der Waals surface area contributed by atoms with Gasteiger partial charge in [0, 0.05) is 47.9 Å². The fourth-order valence-electron chi connectivity index (χ4n) is 10.8. The highest BCUT2D eigenvalue weighted by Gasteiger charge is 2.37. The van der Waals surface area contributed by atoms with E-state index >= 15 is 0 Å². The van der Waals surface area contributed by atoms with Crippen molar-refractivity contribution in [2.45, 2.75) is 38.5 Å². The Hall–Kier alpha value is -7.00. The molecule has 1 nitrogen and oxygen atoms in total. The Morgan fingerprint density at radius 2 is 0.871 bits per heavy atom. The van der Waals surface area contributed by atoms with Crippen LogP contribution in [0.3, 0.4) is 0 Å². The lowest BCUT2D eigenvalue weighted by atomic mass is 9.82. The van der Waals surface area contributed by atoms with Gasteiger partial charge in [0.2, 0.25) is 0 Å². The quantitative estimate of drug-likeness (QED) is 0.162. The third kappa shape index (κ3) is 5.46. The van der Waals surface area contributed by atoms with E-state index in [0.29, 0.717) is 0 Å². The molecule has 0 fully saturated rings. The summed E-state index contributed by atoms with van der Waals surface area (Å²) in [6, 6.07) is 74.7. The second-order valence-corrected chi connectivity index (χ2v) is 19.1. The van der Waals surface area contributed by atoms with Crippen LogP contribution in [0.5, 0.6) is 0 Å². The Balaban J connectivity index is 1.00. The van der Waals surface area contributed by atoms with Gasteiger partial charge in [-0.3, -0.25) is 0 Å². The second-order valence-electron chi connectivity index (χ2n) is 18.1. The summed E-state index contributed by atoms with van der Waals surface area (Å²) in [4.78, 5) is 2.45. The van der Waals surface area contributed by atoms with Gasteiger partial charge in [0.1, 0.15) is 0 Å². The minimum absolute atomic E-state index is 0.0150. The zero-order valence-corrected chi connectivity index (χ0v) is 36.2. The maximum Gasteiger partial charge on any atom is 0.0540 e. The molecule has 0 radical (unpaired) electrons. The summed E-state index contributed by atoms with van der Waals surface area (Å²) in [5, 5.41) is 2.64. The van der Waals surface area contributed by atoms with Crippen molar-refractivity contribution in [2.75, 3.05) is 4.90 Å². The third-order valence-electron chi connectivity index (χ3n) is 13.9. The van der Waals surface area contributed by atoms with Gasteiger partial charge in [0.15, 0.2) is 0 Å². The number of hydrogen-bond acceptors (Lipinski definition) is 2. The molecule has 2 heteroatoms. The number of fused-ring (bicyclic) bond motifs is 9. The molecule has 296 valence electrons. The Morgan fingerprint density at radius 3 is 1.65 bits per heavy atom. The van der Waals surface area contributed by atoms with Crippen molar-refractivity contribution in [3.63, 3.8) is 0 Å². The van der Waals surface area contributed by atoms with Crippen LogP contribution in [0.15, 0.2) is 200 Å². The molecule has 0 bridgehead atoms. The van der Waals surface area contributed by atoms with Gasteiger partial charge in [-0.25, -0.2) is 0 Å². The van der Waals surface area contributed by atoms with E-state index in [9.17, 15) is 0 Å². The maximum atomic E-state index is 2.45. The third-order valence-corrected chi connectivity index (χ3v) is 15.1. The number of hydrogen-bond donors (Lipinski definition) is 0. The molecule has 0 saturated carbocycles. The molecule has 1 aromatic heterocycles. The van der Waals surface area contributed by atoms with Gasteiger partial charge in [-0.05, 0) is 115 Å². The lowest BCUT2D eigenvalue weighted by Crippen LogP contribution is -2.15. The molecule has 0 saturated heterocycles. The van der Waals surface area contributed by atoms with Crippen molar-refractivity contribution in [3.05, 3.63) is 222 Å². The highest BCUT2D eigenvalue weighted by atomic mass is 32.1. The number of para-hydroxylation sites is 1. The summed E-state index contributed by atoms with van der Waals surface area (Å²) < 4.78 is 2.66. The first-order valence-electron chi connectivity index (χ1n) is 21.8. The molecule has 0 amide bonds. The smallest absolute Gasteiger partial charge is 0.0540 e. The first kappa shape index (κ1) is 36.8. The van der Waals surface area contributed by atoms with Crippen molar-refractivity contribution in [3.8, 4) is 55.6 Å². The van der Waals surface area contributed by atoms with Gasteiger partial charge in [-0.15, -0.1) is 11.3 Å². The largest absolute Gasteiger partial charge is 0.310 e. The van der Waals surface area contributed by atoms with Crippen molar-refractivity contribution >= 4 is 48.6 Å². The van der Waals surface area contributed by atoms with Gasteiger partial charge >= 0.3 is 0 Å². The van der Waals surface area contributed by atoms with Crippen LogP contribution in [0.2, 0.25) is 0 Å². The second kappa shape index (κ2) is 13.8. The number of rotatable bonds is 6. The van der Waals surface area contributed by atoms with E-state index in [-0.39, 0.29) is 10.8 Å². The van der Waals surface area contributed by atoms with E-state index in [1.165, 1.54) is 98.1 Å². The monoisotopic (exact) mass is 811 g/mol. The summed E-state index contributed by atoms with van der Waals surface area (Å²) in [5.41, 5.74) is 21.6. The molecular formula is C60H45NS. The Bertz CT molecular complexity index is 3400. The van der Waals surface area contributed by atoms with E-state index in [1.54, 1.807) is 0 Å². The summed E-state index contributed by atoms with van der Waals surface area (Å²) in [7, 11) is 0. The van der Waals surface area contributed by atoms with Crippen molar-refractivity contribution in [2.24, 2.45) is 0 Å². The number of thiophene rings is 1. The average molecular weight is 812 g/mol. The lowest BCUT2D eigenvalue weighted by molar-refractivity contribution is 0.660. The fraction of sp³-hybridized carbons (Fsp3) is 0.100. The van der Waals surface area contributed by atoms with Gasteiger partial charge in [0.25, 0.3) is 0 Å². The summed E-state index contributed by atoms with van der Waals surface area (Å²) in [6.07, 6.45) is 0. The van der Waals surface area contributed by atoms with Crippen LogP contribution in [0.25, 0.3) is 75.8 Å².